The molecule has 2 heteroatoms. The topological polar surface area (TPSA) is 12.0 Å². The minimum Gasteiger partial charge on any atom is -0.354 e. The third-order valence-corrected chi connectivity index (χ3v) is 6.43. The van der Waals surface area contributed by atoms with Gasteiger partial charge in [0.1, 0.15) is 0 Å². The first-order valence-corrected chi connectivity index (χ1v) is 12.3. The fourth-order valence-corrected chi connectivity index (χ4v) is 4.37. The van der Waals surface area contributed by atoms with Crippen molar-refractivity contribution in [3.63, 3.8) is 0 Å². The van der Waals surface area contributed by atoms with E-state index in [1.165, 1.54) is 33.4 Å². The molecular weight excluding hydrogens is 434 g/mol. The third-order valence-electron chi connectivity index (χ3n) is 6.21. The van der Waals surface area contributed by atoms with Crippen LogP contribution in [0.3, 0.4) is 0 Å². The average Bonchev–Trinajstić information content (AvgIpc) is 2.78. The van der Waals surface area contributed by atoms with E-state index in [0.29, 0.717) is 0 Å². The van der Waals surface area contributed by atoms with Crippen LogP contribution in [0.5, 0.6) is 0 Å². The summed E-state index contributed by atoms with van der Waals surface area (Å²) in [6, 6.07) is 32.2. The van der Waals surface area contributed by atoms with Crippen LogP contribution in [0.25, 0.3) is 22.3 Å². The summed E-state index contributed by atoms with van der Waals surface area (Å²) in [4.78, 5) is 0. The number of hydrogen-bond acceptors (Lipinski definition) is 1. The van der Waals surface area contributed by atoms with Gasteiger partial charge < -0.3 is 5.32 Å². The zero-order chi connectivity index (χ0) is 24.5. The van der Waals surface area contributed by atoms with Gasteiger partial charge in [-0.1, -0.05) is 114 Å². The Labute approximate surface area is 209 Å². The van der Waals surface area contributed by atoms with Crippen LogP contribution in [0, 0.1) is 0 Å². The van der Waals surface area contributed by atoms with Gasteiger partial charge in [-0.3, -0.25) is 0 Å². The van der Waals surface area contributed by atoms with Gasteiger partial charge >= 0.3 is 0 Å². The van der Waals surface area contributed by atoms with Gasteiger partial charge in [0.15, 0.2) is 0 Å². The predicted molar refractivity (Wildman–Crippen MR) is 149 cm³/mol. The summed E-state index contributed by atoms with van der Waals surface area (Å²) in [7, 11) is 0. The molecule has 0 amide bonds. The molecule has 0 aliphatic rings. The van der Waals surface area contributed by atoms with E-state index in [1.807, 2.05) is 6.07 Å². The zero-order valence-electron chi connectivity index (χ0n) is 21.0. The minimum atomic E-state index is 0.00193. The SMILES string of the molecule is CC(C)(C)c1cc(Cl)cc(Nc2c(-c3ccccc3)cc(C(C)(C)C)cc2-c2ccccc2)c1. The molecule has 174 valence electrons. The Hall–Kier alpha value is -3.03. The summed E-state index contributed by atoms with van der Waals surface area (Å²) in [5, 5.41) is 4.53. The van der Waals surface area contributed by atoms with E-state index in [9.17, 15) is 0 Å². The molecule has 34 heavy (non-hydrogen) atoms. The Morgan fingerprint density at radius 1 is 0.559 bits per heavy atom. The standard InChI is InChI=1S/C32H34ClN/c1-31(2,3)24-17-26(33)21-27(18-24)34-30-28(22-13-9-7-10-14-22)19-25(32(4,5)6)20-29(30)23-15-11-8-12-16-23/h7-21,34H,1-6H3. The summed E-state index contributed by atoms with van der Waals surface area (Å²) < 4.78 is 0. The van der Waals surface area contributed by atoms with Crippen molar-refractivity contribution in [3.8, 4) is 22.3 Å². The first kappa shape index (κ1) is 24.1. The van der Waals surface area contributed by atoms with Crippen LogP contribution in [0.2, 0.25) is 5.02 Å². The molecule has 0 atom stereocenters. The summed E-state index contributed by atoms with van der Waals surface area (Å²) >= 11 is 6.58. The predicted octanol–water partition coefficient (Wildman–Crippen LogP) is 10.0. The molecule has 1 N–H and O–H groups in total. The van der Waals surface area contributed by atoms with E-state index in [2.05, 4.69) is 132 Å². The lowest BCUT2D eigenvalue weighted by Gasteiger charge is -2.26. The van der Waals surface area contributed by atoms with E-state index < -0.39 is 0 Å². The quantitative estimate of drug-likeness (QED) is 0.314. The lowest BCUT2D eigenvalue weighted by Crippen LogP contribution is -2.13. The third kappa shape index (κ3) is 5.37. The number of anilines is 2. The zero-order valence-corrected chi connectivity index (χ0v) is 21.8. The van der Waals surface area contributed by atoms with Crippen molar-refractivity contribution in [2.24, 2.45) is 0 Å². The second kappa shape index (κ2) is 9.31. The Kier molecular flexibility index (Phi) is 6.60. The summed E-state index contributed by atoms with van der Waals surface area (Å²) in [6.07, 6.45) is 0. The number of halogens is 1. The van der Waals surface area contributed by atoms with Crippen molar-refractivity contribution < 1.29 is 0 Å². The van der Waals surface area contributed by atoms with Gasteiger partial charge in [0.2, 0.25) is 0 Å². The molecule has 4 rings (SSSR count). The molecule has 0 aliphatic heterocycles. The second-order valence-electron chi connectivity index (χ2n) is 11.0. The van der Waals surface area contributed by atoms with Crippen LogP contribution in [0.4, 0.5) is 11.4 Å². The lowest BCUT2D eigenvalue weighted by atomic mass is 9.82. The number of hydrogen-bond donors (Lipinski definition) is 1. The minimum absolute atomic E-state index is 0.00193. The summed E-state index contributed by atoms with van der Waals surface area (Å²) in [6.45, 7) is 13.4. The van der Waals surface area contributed by atoms with Gasteiger partial charge in [-0.15, -0.1) is 0 Å². The highest BCUT2D eigenvalue weighted by molar-refractivity contribution is 6.31. The molecule has 0 spiro atoms. The largest absolute Gasteiger partial charge is 0.354 e. The lowest BCUT2D eigenvalue weighted by molar-refractivity contribution is 0.590. The van der Waals surface area contributed by atoms with Crippen molar-refractivity contribution in [1.29, 1.82) is 0 Å². The highest BCUT2D eigenvalue weighted by Gasteiger charge is 2.22. The molecule has 0 saturated carbocycles. The van der Waals surface area contributed by atoms with E-state index in [4.69, 9.17) is 11.6 Å². The molecule has 0 bridgehead atoms. The molecule has 4 aromatic rings. The monoisotopic (exact) mass is 467 g/mol. The molecular formula is C32H34ClN. The van der Waals surface area contributed by atoms with Crippen LogP contribution in [-0.4, -0.2) is 0 Å². The Balaban J connectivity index is 2.00. The van der Waals surface area contributed by atoms with Gasteiger partial charge in [0.05, 0.1) is 5.69 Å². The van der Waals surface area contributed by atoms with E-state index in [-0.39, 0.29) is 10.8 Å². The van der Waals surface area contributed by atoms with Gasteiger partial charge in [0, 0.05) is 21.8 Å². The van der Waals surface area contributed by atoms with Gasteiger partial charge in [-0.25, -0.2) is 0 Å². The molecule has 0 aliphatic carbocycles. The van der Waals surface area contributed by atoms with Crippen molar-refractivity contribution in [3.05, 3.63) is 107 Å². The van der Waals surface area contributed by atoms with Crippen molar-refractivity contribution in [2.75, 3.05) is 5.32 Å². The van der Waals surface area contributed by atoms with Crippen LogP contribution >= 0.6 is 11.6 Å². The molecule has 0 aromatic heterocycles. The maximum atomic E-state index is 6.58. The molecule has 4 aromatic carbocycles. The van der Waals surface area contributed by atoms with Crippen LogP contribution in [-0.2, 0) is 10.8 Å². The summed E-state index contributed by atoms with van der Waals surface area (Å²) in [5.74, 6) is 0. The Morgan fingerprint density at radius 3 is 1.44 bits per heavy atom. The van der Waals surface area contributed by atoms with Gasteiger partial charge in [0.25, 0.3) is 0 Å². The van der Waals surface area contributed by atoms with E-state index in [0.717, 1.165) is 16.4 Å². The molecule has 1 nitrogen and oxygen atoms in total. The van der Waals surface area contributed by atoms with E-state index in [1.54, 1.807) is 0 Å². The average molecular weight is 468 g/mol. The Morgan fingerprint density at radius 2 is 1.00 bits per heavy atom. The van der Waals surface area contributed by atoms with Crippen molar-refractivity contribution in [2.45, 2.75) is 52.4 Å². The number of benzene rings is 4. The van der Waals surface area contributed by atoms with Crippen molar-refractivity contribution in [1.82, 2.24) is 0 Å². The fourth-order valence-electron chi connectivity index (χ4n) is 4.14. The van der Waals surface area contributed by atoms with Crippen LogP contribution < -0.4 is 5.32 Å². The maximum Gasteiger partial charge on any atom is 0.0543 e. The smallest absolute Gasteiger partial charge is 0.0543 e. The van der Waals surface area contributed by atoms with Gasteiger partial charge in [-0.2, -0.15) is 0 Å². The number of nitrogens with one attached hydrogen (secondary N) is 1. The first-order valence-electron chi connectivity index (χ1n) is 11.9. The maximum absolute atomic E-state index is 6.58. The van der Waals surface area contributed by atoms with Crippen LogP contribution in [0.15, 0.2) is 91.0 Å². The molecule has 0 heterocycles. The van der Waals surface area contributed by atoms with Crippen molar-refractivity contribution >= 4 is 23.0 Å². The Bertz CT molecular complexity index is 1220. The molecule has 0 radical (unpaired) electrons. The fraction of sp³-hybridized carbons (Fsp3) is 0.250. The molecule has 0 unspecified atom stereocenters. The molecule has 0 fully saturated rings. The van der Waals surface area contributed by atoms with Crippen LogP contribution in [0.1, 0.15) is 52.7 Å². The highest BCUT2D eigenvalue weighted by Crippen LogP contribution is 2.43. The second-order valence-corrected chi connectivity index (χ2v) is 11.5. The summed E-state index contributed by atoms with van der Waals surface area (Å²) in [5.41, 5.74) is 9.35. The van der Waals surface area contributed by atoms with E-state index >= 15 is 0 Å². The molecule has 0 saturated heterocycles. The first-order chi connectivity index (χ1) is 16.0. The normalized spacial score (nSPS) is 12.0. The van der Waals surface area contributed by atoms with Gasteiger partial charge in [-0.05, 0) is 63.4 Å². The number of rotatable bonds is 4. The highest BCUT2D eigenvalue weighted by atomic mass is 35.5.